The maximum atomic E-state index is 13.5. The Morgan fingerprint density at radius 1 is 1.16 bits per heavy atom. The molecule has 2 aromatic rings. The van der Waals surface area contributed by atoms with E-state index in [0.29, 0.717) is 19.6 Å². The summed E-state index contributed by atoms with van der Waals surface area (Å²) >= 11 is 0. The van der Waals surface area contributed by atoms with Crippen molar-refractivity contribution in [3.8, 4) is 5.75 Å². The van der Waals surface area contributed by atoms with E-state index < -0.39 is 5.54 Å². The number of pyridine rings is 1. The predicted molar refractivity (Wildman–Crippen MR) is 97.5 cm³/mol. The van der Waals surface area contributed by atoms with Gasteiger partial charge in [-0.3, -0.25) is 14.7 Å². The molecule has 3 rings (SSSR count). The zero-order valence-corrected chi connectivity index (χ0v) is 15.1. The average Bonchev–Trinajstić information content (AvgIpc) is 2.65. The second-order valence-electron chi connectivity index (χ2n) is 6.68. The second kappa shape index (κ2) is 7.23. The molecule has 0 saturated carbocycles. The standard InChI is InChI=1S/C20H25N3O2/c1-22(2)20(11-15-25-18-7-5-4-6-17(18)20)19(24)23(3)14-10-16-8-12-21-13-9-16/h4-9,12-13H,10-11,14-15H2,1-3H3/t20-/m1/s1. The Morgan fingerprint density at radius 3 is 2.60 bits per heavy atom. The van der Waals surface area contributed by atoms with E-state index in [-0.39, 0.29) is 5.91 Å². The Kier molecular flexibility index (Phi) is 5.04. The van der Waals surface area contributed by atoms with Crippen molar-refractivity contribution in [1.29, 1.82) is 0 Å². The first-order valence-corrected chi connectivity index (χ1v) is 8.60. The first-order valence-electron chi connectivity index (χ1n) is 8.60. The van der Waals surface area contributed by atoms with Gasteiger partial charge in [-0.15, -0.1) is 0 Å². The smallest absolute Gasteiger partial charge is 0.247 e. The Bertz CT molecular complexity index is 733. The van der Waals surface area contributed by atoms with Gasteiger partial charge in [-0.1, -0.05) is 18.2 Å². The van der Waals surface area contributed by atoms with Crippen LogP contribution in [0.3, 0.4) is 0 Å². The van der Waals surface area contributed by atoms with Crippen molar-refractivity contribution >= 4 is 5.91 Å². The Balaban J connectivity index is 1.85. The fourth-order valence-electron chi connectivity index (χ4n) is 3.52. The summed E-state index contributed by atoms with van der Waals surface area (Å²) in [5.74, 6) is 0.917. The lowest BCUT2D eigenvalue weighted by Gasteiger charge is -2.44. The lowest BCUT2D eigenvalue weighted by Crippen LogP contribution is -2.56. The highest BCUT2D eigenvalue weighted by atomic mass is 16.5. The highest BCUT2D eigenvalue weighted by Crippen LogP contribution is 2.41. The van der Waals surface area contributed by atoms with Gasteiger partial charge in [0.2, 0.25) is 5.91 Å². The molecule has 25 heavy (non-hydrogen) atoms. The topological polar surface area (TPSA) is 45.7 Å². The van der Waals surface area contributed by atoms with Crippen LogP contribution in [0.5, 0.6) is 5.75 Å². The van der Waals surface area contributed by atoms with Gasteiger partial charge < -0.3 is 9.64 Å². The summed E-state index contributed by atoms with van der Waals surface area (Å²) < 4.78 is 5.78. The van der Waals surface area contributed by atoms with E-state index in [1.165, 1.54) is 5.56 Å². The molecule has 0 bridgehead atoms. The number of likely N-dealkylation sites (N-methyl/N-ethyl adjacent to an activating group) is 2. The molecule has 0 spiro atoms. The van der Waals surface area contributed by atoms with Crippen molar-refractivity contribution in [3.63, 3.8) is 0 Å². The van der Waals surface area contributed by atoms with Crippen molar-refractivity contribution in [2.24, 2.45) is 0 Å². The molecule has 1 aliphatic heterocycles. The molecular formula is C20H25N3O2. The minimum absolute atomic E-state index is 0.113. The molecule has 132 valence electrons. The van der Waals surface area contributed by atoms with Crippen LogP contribution in [0.25, 0.3) is 0 Å². The third kappa shape index (κ3) is 3.24. The van der Waals surface area contributed by atoms with Gasteiger partial charge in [0.05, 0.1) is 6.61 Å². The molecule has 1 aliphatic rings. The van der Waals surface area contributed by atoms with Gasteiger partial charge >= 0.3 is 0 Å². The molecule has 0 N–H and O–H groups in total. The van der Waals surface area contributed by atoms with Crippen molar-refractivity contribution in [3.05, 3.63) is 59.9 Å². The van der Waals surface area contributed by atoms with Gasteiger partial charge in [0, 0.05) is 38.0 Å². The highest BCUT2D eigenvalue weighted by molar-refractivity contribution is 5.88. The molecule has 0 aliphatic carbocycles. The van der Waals surface area contributed by atoms with E-state index in [1.807, 2.05) is 67.3 Å². The molecule has 2 heterocycles. The molecule has 0 unspecified atom stereocenters. The minimum Gasteiger partial charge on any atom is -0.493 e. The van der Waals surface area contributed by atoms with E-state index in [0.717, 1.165) is 17.7 Å². The van der Waals surface area contributed by atoms with E-state index in [4.69, 9.17) is 4.74 Å². The molecule has 0 radical (unpaired) electrons. The van der Waals surface area contributed by atoms with E-state index >= 15 is 0 Å². The zero-order valence-electron chi connectivity index (χ0n) is 15.1. The molecule has 1 atom stereocenters. The maximum absolute atomic E-state index is 13.5. The van der Waals surface area contributed by atoms with Crippen LogP contribution < -0.4 is 4.74 Å². The maximum Gasteiger partial charge on any atom is 0.247 e. The van der Waals surface area contributed by atoms with Crippen molar-refractivity contribution in [2.75, 3.05) is 34.3 Å². The number of benzene rings is 1. The van der Waals surface area contributed by atoms with Gasteiger partial charge in [0.1, 0.15) is 11.3 Å². The Morgan fingerprint density at radius 2 is 1.88 bits per heavy atom. The van der Waals surface area contributed by atoms with Crippen LogP contribution in [0.4, 0.5) is 0 Å². The number of hydrogen-bond acceptors (Lipinski definition) is 4. The first-order chi connectivity index (χ1) is 12.1. The van der Waals surface area contributed by atoms with Crippen molar-refractivity contribution in [2.45, 2.75) is 18.4 Å². The van der Waals surface area contributed by atoms with Gasteiger partial charge in [0.25, 0.3) is 0 Å². The number of para-hydroxylation sites is 1. The van der Waals surface area contributed by atoms with Crippen LogP contribution in [-0.4, -0.2) is 55.0 Å². The zero-order chi connectivity index (χ0) is 17.9. The minimum atomic E-state index is -0.679. The summed E-state index contributed by atoms with van der Waals surface area (Å²) in [5, 5.41) is 0. The summed E-state index contributed by atoms with van der Waals surface area (Å²) in [4.78, 5) is 21.4. The number of hydrogen-bond donors (Lipinski definition) is 0. The molecule has 1 amide bonds. The predicted octanol–water partition coefficient (Wildman–Crippen LogP) is 2.32. The van der Waals surface area contributed by atoms with E-state index in [2.05, 4.69) is 4.98 Å². The number of amides is 1. The molecule has 5 nitrogen and oxygen atoms in total. The van der Waals surface area contributed by atoms with Gasteiger partial charge in [0.15, 0.2) is 0 Å². The monoisotopic (exact) mass is 339 g/mol. The molecule has 0 saturated heterocycles. The third-order valence-electron chi connectivity index (χ3n) is 5.00. The summed E-state index contributed by atoms with van der Waals surface area (Å²) in [7, 11) is 5.82. The summed E-state index contributed by atoms with van der Waals surface area (Å²) in [5.41, 5.74) is 1.45. The number of rotatable bonds is 5. The summed E-state index contributed by atoms with van der Waals surface area (Å²) in [6.07, 6.45) is 5.03. The molecule has 1 aromatic heterocycles. The van der Waals surface area contributed by atoms with Gasteiger partial charge in [-0.05, 0) is 44.3 Å². The summed E-state index contributed by atoms with van der Waals surface area (Å²) in [6.45, 7) is 1.21. The molecule has 0 fully saturated rings. The number of aromatic nitrogens is 1. The fraction of sp³-hybridized carbons (Fsp3) is 0.400. The molecule has 1 aromatic carbocycles. The van der Waals surface area contributed by atoms with Crippen LogP contribution >= 0.6 is 0 Å². The van der Waals surface area contributed by atoms with Crippen LogP contribution in [0.1, 0.15) is 17.5 Å². The normalized spacial score (nSPS) is 19.2. The van der Waals surface area contributed by atoms with Crippen LogP contribution in [0.2, 0.25) is 0 Å². The van der Waals surface area contributed by atoms with Gasteiger partial charge in [-0.25, -0.2) is 0 Å². The van der Waals surface area contributed by atoms with Crippen LogP contribution in [0, 0.1) is 0 Å². The van der Waals surface area contributed by atoms with Crippen molar-refractivity contribution < 1.29 is 9.53 Å². The largest absolute Gasteiger partial charge is 0.493 e. The fourth-order valence-corrected chi connectivity index (χ4v) is 3.52. The number of carbonyl (C=O) groups is 1. The number of carbonyl (C=O) groups excluding carboxylic acids is 1. The number of ether oxygens (including phenoxy) is 1. The van der Waals surface area contributed by atoms with Crippen molar-refractivity contribution in [1.82, 2.24) is 14.8 Å². The number of nitrogens with zero attached hydrogens (tertiary/aromatic N) is 3. The SMILES string of the molecule is CN(CCc1ccncc1)C(=O)[C@@]1(N(C)C)CCOc2ccccc21. The van der Waals surface area contributed by atoms with E-state index in [9.17, 15) is 4.79 Å². The molecular weight excluding hydrogens is 314 g/mol. The lowest BCUT2D eigenvalue weighted by atomic mass is 9.82. The third-order valence-corrected chi connectivity index (χ3v) is 5.00. The summed E-state index contributed by atoms with van der Waals surface area (Å²) in [6, 6.07) is 11.8. The van der Waals surface area contributed by atoms with Crippen LogP contribution in [-0.2, 0) is 16.8 Å². The molecule has 5 heteroatoms. The highest BCUT2D eigenvalue weighted by Gasteiger charge is 2.47. The average molecular weight is 339 g/mol. The first kappa shape index (κ1) is 17.4. The Hall–Kier alpha value is -2.40. The second-order valence-corrected chi connectivity index (χ2v) is 6.68. The quantitative estimate of drug-likeness (QED) is 0.839. The van der Waals surface area contributed by atoms with E-state index in [1.54, 1.807) is 12.4 Å². The van der Waals surface area contributed by atoms with Gasteiger partial charge in [-0.2, -0.15) is 0 Å². The number of fused-ring (bicyclic) bond motifs is 1. The lowest BCUT2D eigenvalue weighted by molar-refractivity contribution is -0.144. The van der Waals surface area contributed by atoms with Crippen LogP contribution in [0.15, 0.2) is 48.8 Å². The Labute approximate surface area is 149 Å².